The van der Waals surface area contributed by atoms with Crippen molar-refractivity contribution in [3.8, 4) is 11.6 Å². The molecule has 0 aliphatic heterocycles. The van der Waals surface area contributed by atoms with Gasteiger partial charge in [0.2, 0.25) is 0 Å². The van der Waals surface area contributed by atoms with Crippen LogP contribution in [0.2, 0.25) is 5.02 Å². The summed E-state index contributed by atoms with van der Waals surface area (Å²) in [6.45, 7) is 0. The molecule has 0 aliphatic carbocycles. The number of halogens is 1. The zero-order valence-electron chi connectivity index (χ0n) is 12.2. The first-order valence-electron chi connectivity index (χ1n) is 6.78. The third kappa shape index (κ3) is 3.32. The predicted molar refractivity (Wildman–Crippen MR) is 87.3 cm³/mol. The van der Waals surface area contributed by atoms with E-state index in [-0.39, 0.29) is 5.91 Å². The predicted octanol–water partition coefficient (Wildman–Crippen LogP) is 3.18. The Morgan fingerprint density at radius 3 is 2.70 bits per heavy atom. The molecule has 0 fully saturated rings. The molecule has 1 amide bonds. The summed E-state index contributed by atoms with van der Waals surface area (Å²) in [5.41, 5.74) is 1.05. The molecule has 2 heterocycles. The van der Waals surface area contributed by atoms with Crippen LogP contribution in [0, 0.1) is 0 Å². The van der Waals surface area contributed by atoms with Crippen LogP contribution in [0.5, 0.6) is 5.75 Å². The van der Waals surface area contributed by atoms with E-state index in [1.165, 1.54) is 10.9 Å². The first-order valence-corrected chi connectivity index (χ1v) is 7.16. The maximum Gasteiger partial charge on any atom is 0.255 e. The lowest BCUT2D eigenvalue weighted by Crippen LogP contribution is -2.14. The van der Waals surface area contributed by atoms with Gasteiger partial charge in [-0.1, -0.05) is 11.6 Å². The van der Waals surface area contributed by atoms with Crippen LogP contribution in [0.15, 0.2) is 55.0 Å². The molecule has 6 nitrogen and oxygen atoms in total. The van der Waals surface area contributed by atoms with Crippen LogP contribution in [0.25, 0.3) is 5.82 Å². The number of benzene rings is 1. The van der Waals surface area contributed by atoms with Crippen molar-refractivity contribution in [1.82, 2.24) is 14.8 Å². The minimum absolute atomic E-state index is 0.250. The number of hydrogen-bond donors (Lipinski definition) is 1. The fourth-order valence-electron chi connectivity index (χ4n) is 2.03. The van der Waals surface area contributed by atoms with Crippen LogP contribution in [0.3, 0.4) is 0 Å². The fourth-order valence-corrected chi connectivity index (χ4v) is 2.17. The molecular weight excluding hydrogens is 316 g/mol. The van der Waals surface area contributed by atoms with Crippen molar-refractivity contribution >= 4 is 23.2 Å². The van der Waals surface area contributed by atoms with Gasteiger partial charge in [-0.05, 0) is 36.4 Å². The second kappa shape index (κ2) is 6.50. The van der Waals surface area contributed by atoms with E-state index < -0.39 is 0 Å². The average molecular weight is 329 g/mol. The Kier molecular flexibility index (Phi) is 4.25. The van der Waals surface area contributed by atoms with Crippen molar-refractivity contribution in [1.29, 1.82) is 0 Å². The Bertz CT molecular complexity index is 830. The van der Waals surface area contributed by atoms with Crippen LogP contribution in [-0.2, 0) is 0 Å². The maximum absolute atomic E-state index is 12.4. The number of hydrogen-bond acceptors (Lipinski definition) is 4. The summed E-state index contributed by atoms with van der Waals surface area (Å²) in [5, 5.41) is 7.42. The number of carbonyl (C=O) groups excluding carboxylic acids is 1. The first kappa shape index (κ1) is 15.1. The van der Waals surface area contributed by atoms with Gasteiger partial charge < -0.3 is 10.1 Å². The molecule has 2 aromatic heterocycles. The molecule has 7 heteroatoms. The number of aromatic nitrogens is 3. The summed E-state index contributed by atoms with van der Waals surface area (Å²) in [7, 11) is 1.58. The van der Waals surface area contributed by atoms with Gasteiger partial charge in [-0.15, -0.1) is 0 Å². The molecule has 0 saturated carbocycles. The second-order valence-corrected chi connectivity index (χ2v) is 5.10. The smallest absolute Gasteiger partial charge is 0.255 e. The van der Waals surface area contributed by atoms with Gasteiger partial charge in [0.25, 0.3) is 5.91 Å². The summed E-state index contributed by atoms with van der Waals surface area (Å²) < 4.78 is 6.59. The zero-order valence-corrected chi connectivity index (χ0v) is 13.0. The highest BCUT2D eigenvalue weighted by molar-refractivity contribution is 6.30. The molecule has 3 rings (SSSR count). The van der Waals surface area contributed by atoms with Crippen LogP contribution >= 0.6 is 11.6 Å². The van der Waals surface area contributed by atoms with Gasteiger partial charge in [-0.2, -0.15) is 5.10 Å². The SMILES string of the molecule is COc1ccc(C(=O)Nc2cccnc2-n2cc(Cl)cn2)cc1. The Hall–Kier alpha value is -2.86. The molecule has 0 radical (unpaired) electrons. The molecule has 116 valence electrons. The van der Waals surface area contributed by atoms with Gasteiger partial charge in [-0.25, -0.2) is 9.67 Å². The number of nitrogens with one attached hydrogen (secondary N) is 1. The highest BCUT2D eigenvalue weighted by Gasteiger charge is 2.12. The molecule has 0 aliphatic rings. The van der Waals surface area contributed by atoms with Crippen molar-refractivity contribution in [2.75, 3.05) is 12.4 Å². The fraction of sp³-hybridized carbons (Fsp3) is 0.0625. The lowest BCUT2D eigenvalue weighted by molar-refractivity contribution is 0.102. The second-order valence-electron chi connectivity index (χ2n) is 4.66. The van der Waals surface area contributed by atoms with E-state index in [0.717, 1.165) is 0 Å². The number of ether oxygens (including phenoxy) is 1. The molecule has 0 atom stereocenters. The van der Waals surface area contributed by atoms with Crippen LogP contribution in [0.4, 0.5) is 5.69 Å². The molecule has 3 aromatic rings. The van der Waals surface area contributed by atoms with Crippen LogP contribution in [-0.4, -0.2) is 27.8 Å². The summed E-state index contributed by atoms with van der Waals surface area (Å²) in [4.78, 5) is 16.6. The minimum Gasteiger partial charge on any atom is -0.497 e. The Morgan fingerprint density at radius 1 is 1.26 bits per heavy atom. The molecule has 0 unspecified atom stereocenters. The number of pyridine rings is 1. The van der Waals surface area contributed by atoms with Crippen molar-refractivity contribution in [2.45, 2.75) is 0 Å². The quantitative estimate of drug-likeness (QED) is 0.798. The average Bonchev–Trinajstić information content (AvgIpc) is 3.01. The topological polar surface area (TPSA) is 69.0 Å². The lowest BCUT2D eigenvalue weighted by Gasteiger charge is -2.10. The molecule has 0 bridgehead atoms. The molecule has 0 spiro atoms. The van der Waals surface area contributed by atoms with Crippen molar-refractivity contribution in [3.63, 3.8) is 0 Å². The lowest BCUT2D eigenvalue weighted by atomic mass is 10.2. The van der Waals surface area contributed by atoms with Gasteiger partial charge in [0.1, 0.15) is 5.75 Å². The summed E-state index contributed by atoms with van der Waals surface area (Å²) >= 11 is 5.88. The van der Waals surface area contributed by atoms with Gasteiger partial charge in [0, 0.05) is 11.8 Å². The summed E-state index contributed by atoms with van der Waals surface area (Å²) in [5.74, 6) is 0.927. The van der Waals surface area contributed by atoms with Gasteiger partial charge in [-0.3, -0.25) is 4.79 Å². The third-order valence-corrected chi connectivity index (χ3v) is 3.35. The first-order chi connectivity index (χ1) is 11.2. The molecule has 0 saturated heterocycles. The van der Waals surface area contributed by atoms with Crippen LogP contribution in [0.1, 0.15) is 10.4 Å². The van der Waals surface area contributed by atoms with Crippen molar-refractivity contribution in [2.24, 2.45) is 0 Å². The highest BCUT2D eigenvalue weighted by Crippen LogP contribution is 2.20. The summed E-state index contributed by atoms with van der Waals surface area (Å²) in [6, 6.07) is 10.3. The van der Waals surface area contributed by atoms with Gasteiger partial charge in [0.15, 0.2) is 5.82 Å². The Balaban J connectivity index is 1.86. The molecule has 1 aromatic carbocycles. The maximum atomic E-state index is 12.4. The van der Waals surface area contributed by atoms with E-state index in [4.69, 9.17) is 16.3 Å². The van der Waals surface area contributed by atoms with Gasteiger partial charge >= 0.3 is 0 Å². The zero-order chi connectivity index (χ0) is 16.2. The number of methoxy groups -OCH3 is 1. The van der Waals surface area contributed by atoms with E-state index in [0.29, 0.717) is 27.8 Å². The largest absolute Gasteiger partial charge is 0.497 e. The number of amides is 1. The number of carbonyl (C=O) groups is 1. The van der Waals surface area contributed by atoms with Crippen molar-refractivity contribution in [3.05, 3.63) is 65.6 Å². The van der Waals surface area contributed by atoms with Crippen molar-refractivity contribution < 1.29 is 9.53 Å². The summed E-state index contributed by atoms with van der Waals surface area (Å²) in [6.07, 6.45) is 4.74. The van der Waals surface area contributed by atoms with E-state index in [1.54, 1.807) is 55.9 Å². The normalized spacial score (nSPS) is 10.3. The third-order valence-electron chi connectivity index (χ3n) is 3.16. The number of rotatable bonds is 4. The highest BCUT2D eigenvalue weighted by atomic mass is 35.5. The van der Waals surface area contributed by atoms with E-state index >= 15 is 0 Å². The van der Waals surface area contributed by atoms with E-state index in [1.807, 2.05) is 0 Å². The van der Waals surface area contributed by atoms with E-state index in [2.05, 4.69) is 15.4 Å². The molecule has 23 heavy (non-hydrogen) atoms. The Morgan fingerprint density at radius 2 is 2.04 bits per heavy atom. The standard InChI is InChI=1S/C16H13ClN4O2/c1-23-13-6-4-11(5-7-13)16(22)20-14-3-2-8-18-15(14)21-10-12(17)9-19-21/h2-10H,1H3,(H,20,22). The van der Waals surface area contributed by atoms with Gasteiger partial charge in [0.05, 0.1) is 30.2 Å². The van der Waals surface area contributed by atoms with Crippen LogP contribution < -0.4 is 10.1 Å². The number of anilines is 1. The molecule has 1 N–H and O–H groups in total. The minimum atomic E-state index is -0.250. The number of nitrogens with zero attached hydrogens (tertiary/aromatic N) is 3. The van der Waals surface area contributed by atoms with E-state index in [9.17, 15) is 4.79 Å². The monoisotopic (exact) mass is 328 g/mol. The molecular formula is C16H13ClN4O2. The Labute approximate surface area is 137 Å².